The molecule has 4 rings (SSSR count). The lowest BCUT2D eigenvalue weighted by molar-refractivity contribution is -0.118. The van der Waals surface area contributed by atoms with E-state index in [1.54, 1.807) is 18.2 Å². The molecule has 26 heavy (non-hydrogen) atoms. The summed E-state index contributed by atoms with van der Waals surface area (Å²) in [7, 11) is 0. The number of carbonyl (C=O) groups is 2. The van der Waals surface area contributed by atoms with Crippen LogP contribution in [0.25, 0.3) is 11.3 Å². The van der Waals surface area contributed by atoms with Crippen molar-refractivity contribution in [2.75, 3.05) is 11.9 Å². The van der Waals surface area contributed by atoms with Gasteiger partial charge in [-0.1, -0.05) is 35.5 Å². The number of benzene rings is 2. The van der Waals surface area contributed by atoms with Crippen LogP contribution in [0.3, 0.4) is 0 Å². The first kappa shape index (κ1) is 15.9. The molecule has 7 nitrogen and oxygen atoms in total. The highest BCUT2D eigenvalue weighted by atomic mass is 16.5. The normalized spacial score (nSPS) is 12.7. The molecule has 0 unspecified atom stereocenters. The van der Waals surface area contributed by atoms with Crippen LogP contribution in [0.15, 0.2) is 59.1 Å². The summed E-state index contributed by atoms with van der Waals surface area (Å²) in [5, 5.41) is 6.62. The Morgan fingerprint density at radius 1 is 1.15 bits per heavy atom. The van der Waals surface area contributed by atoms with Gasteiger partial charge in [0.05, 0.1) is 11.3 Å². The lowest BCUT2D eigenvalue weighted by atomic mass is 10.1. The Balaban J connectivity index is 1.42. The molecule has 0 aliphatic carbocycles. The number of rotatable bonds is 4. The predicted molar refractivity (Wildman–Crippen MR) is 91.6 cm³/mol. The molecule has 0 saturated carbocycles. The van der Waals surface area contributed by atoms with Crippen molar-refractivity contribution in [3.05, 3.63) is 65.9 Å². The first-order valence-electron chi connectivity index (χ1n) is 7.94. The molecular formula is C19H14N2O5. The first-order chi connectivity index (χ1) is 12.7. The fourth-order valence-corrected chi connectivity index (χ4v) is 2.56. The minimum absolute atomic E-state index is 0.0357. The van der Waals surface area contributed by atoms with Crippen molar-refractivity contribution in [2.24, 2.45) is 0 Å². The lowest BCUT2D eigenvalue weighted by Gasteiger charge is -2.18. The summed E-state index contributed by atoms with van der Waals surface area (Å²) in [5.41, 5.74) is 2.34. The largest absolute Gasteiger partial charge is 0.482 e. The Morgan fingerprint density at radius 2 is 2.00 bits per heavy atom. The number of nitrogens with one attached hydrogen (secondary N) is 1. The van der Waals surface area contributed by atoms with Gasteiger partial charge >= 0.3 is 5.97 Å². The van der Waals surface area contributed by atoms with E-state index in [9.17, 15) is 9.59 Å². The Morgan fingerprint density at radius 3 is 2.85 bits per heavy atom. The van der Waals surface area contributed by atoms with Gasteiger partial charge in [0.15, 0.2) is 19.0 Å². The Hall–Kier alpha value is -3.61. The minimum Gasteiger partial charge on any atom is -0.482 e. The summed E-state index contributed by atoms with van der Waals surface area (Å²) in [6.45, 7) is -0.0787. The van der Waals surface area contributed by atoms with Gasteiger partial charge in [-0.3, -0.25) is 4.79 Å². The fraction of sp³-hybridized carbons (Fsp3) is 0.105. The third-order valence-corrected chi connectivity index (χ3v) is 3.82. The molecule has 1 aromatic heterocycles. The molecule has 0 fully saturated rings. The van der Waals surface area contributed by atoms with Crippen LogP contribution in [0.5, 0.6) is 5.75 Å². The number of nitrogens with zero attached hydrogens (tertiary/aromatic N) is 1. The van der Waals surface area contributed by atoms with E-state index in [2.05, 4.69) is 10.5 Å². The van der Waals surface area contributed by atoms with Crippen LogP contribution in [0.2, 0.25) is 0 Å². The zero-order chi connectivity index (χ0) is 17.9. The average molecular weight is 350 g/mol. The van der Waals surface area contributed by atoms with Gasteiger partial charge in [0, 0.05) is 11.6 Å². The predicted octanol–water partition coefficient (Wildman–Crippen LogP) is 3.03. The van der Waals surface area contributed by atoms with E-state index in [0.29, 0.717) is 28.5 Å². The number of fused-ring (bicyclic) bond motifs is 1. The van der Waals surface area contributed by atoms with E-state index in [1.807, 2.05) is 30.3 Å². The van der Waals surface area contributed by atoms with Gasteiger partial charge in [0.25, 0.3) is 5.91 Å². The highest BCUT2D eigenvalue weighted by Gasteiger charge is 2.19. The summed E-state index contributed by atoms with van der Waals surface area (Å²) >= 11 is 0. The zero-order valence-electron chi connectivity index (χ0n) is 13.6. The number of hydrogen-bond acceptors (Lipinski definition) is 6. The van der Waals surface area contributed by atoms with Crippen molar-refractivity contribution in [1.29, 1.82) is 0 Å². The third-order valence-electron chi connectivity index (χ3n) is 3.82. The molecule has 0 saturated heterocycles. The summed E-state index contributed by atoms with van der Waals surface area (Å²) < 4.78 is 15.7. The molecule has 0 spiro atoms. The number of carbonyl (C=O) groups excluding carboxylic acids is 2. The summed E-state index contributed by atoms with van der Waals surface area (Å²) in [6, 6.07) is 16.0. The van der Waals surface area contributed by atoms with Crippen LogP contribution in [-0.4, -0.2) is 23.6 Å². The second-order valence-corrected chi connectivity index (χ2v) is 5.67. The van der Waals surface area contributed by atoms with Crippen LogP contribution in [0.4, 0.5) is 5.69 Å². The molecule has 1 N–H and O–H groups in total. The van der Waals surface area contributed by atoms with Crippen molar-refractivity contribution >= 4 is 17.6 Å². The smallest absolute Gasteiger partial charge is 0.338 e. The van der Waals surface area contributed by atoms with Crippen molar-refractivity contribution in [2.45, 2.75) is 6.61 Å². The van der Waals surface area contributed by atoms with Gasteiger partial charge < -0.3 is 19.3 Å². The molecule has 1 aliphatic rings. The van der Waals surface area contributed by atoms with Crippen molar-refractivity contribution in [3.8, 4) is 17.0 Å². The second kappa shape index (κ2) is 6.72. The molecule has 0 atom stereocenters. The third kappa shape index (κ3) is 3.27. The highest BCUT2D eigenvalue weighted by Crippen LogP contribution is 2.28. The molecule has 0 bridgehead atoms. The number of aromatic nitrogens is 1. The van der Waals surface area contributed by atoms with E-state index in [0.717, 1.165) is 5.56 Å². The number of anilines is 1. The maximum absolute atomic E-state index is 12.2. The van der Waals surface area contributed by atoms with E-state index in [1.165, 1.54) is 6.07 Å². The van der Waals surface area contributed by atoms with E-state index in [4.69, 9.17) is 14.0 Å². The van der Waals surface area contributed by atoms with E-state index >= 15 is 0 Å². The van der Waals surface area contributed by atoms with E-state index in [-0.39, 0.29) is 19.1 Å². The van der Waals surface area contributed by atoms with Crippen LogP contribution in [0, 0.1) is 0 Å². The second-order valence-electron chi connectivity index (χ2n) is 5.67. The number of hydrogen-bond donors (Lipinski definition) is 1. The Labute approximate surface area is 148 Å². The quantitative estimate of drug-likeness (QED) is 0.727. The Kier molecular flexibility index (Phi) is 4.10. The van der Waals surface area contributed by atoms with Crippen LogP contribution < -0.4 is 10.1 Å². The lowest BCUT2D eigenvalue weighted by Crippen LogP contribution is -2.25. The molecule has 1 amide bonds. The monoisotopic (exact) mass is 350 g/mol. The maximum Gasteiger partial charge on any atom is 0.338 e. The molecule has 1 aliphatic heterocycles. The topological polar surface area (TPSA) is 90.7 Å². The number of amides is 1. The van der Waals surface area contributed by atoms with Gasteiger partial charge in [-0.2, -0.15) is 0 Å². The maximum atomic E-state index is 12.2. The van der Waals surface area contributed by atoms with Gasteiger partial charge in [-0.25, -0.2) is 4.79 Å². The summed E-state index contributed by atoms with van der Waals surface area (Å²) in [6.07, 6.45) is 0. The van der Waals surface area contributed by atoms with Gasteiger partial charge in [-0.05, 0) is 18.2 Å². The van der Waals surface area contributed by atoms with Crippen molar-refractivity contribution in [1.82, 2.24) is 5.16 Å². The first-order valence-corrected chi connectivity index (χ1v) is 7.94. The van der Waals surface area contributed by atoms with E-state index < -0.39 is 5.97 Å². The molecule has 2 aromatic carbocycles. The van der Waals surface area contributed by atoms with Crippen LogP contribution in [-0.2, 0) is 16.1 Å². The average Bonchev–Trinajstić information content (AvgIpc) is 3.15. The van der Waals surface area contributed by atoms with Crippen molar-refractivity contribution < 1.29 is 23.6 Å². The van der Waals surface area contributed by atoms with Crippen molar-refractivity contribution in [3.63, 3.8) is 0 Å². The number of esters is 1. The van der Waals surface area contributed by atoms with Crippen LogP contribution >= 0.6 is 0 Å². The fourth-order valence-electron chi connectivity index (χ4n) is 2.56. The SMILES string of the molecule is O=C1COc2ccc(C(=O)OCc3cc(-c4ccccc4)no3)cc2N1. The minimum atomic E-state index is -0.537. The van der Waals surface area contributed by atoms with Gasteiger partial charge in [0.1, 0.15) is 11.4 Å². The summed E-state index contributed by atoms with van der Waals surface area (Å²) in [4.78, 5) is 23.6. The Bertz CT molecular complexity index is 965. The van der Waals surface area contributed by atoms with Gasteiger partial charge in [0.2, 0.25) is 0 Å². The molecule has 7 heteroatoms. The standard InChI is InChI=1S/C19H14N2O5/c22-18-11-24-17-7-6-13(8-16(17)20-18)19(23)25-10-14-9-15(21-26-14)12-4-2-1-3-5-12/h1-9H,10-11H2,(H,20,22). The van der Waals surface area contributed by atoms with Gasteiger partial charge in [-0.15, -0.1) is 0 Å². The molecule has 2 heterocycles. The highest BCUT2D eigenvalue weighted by molar-refractivity contribution is 5.98. The molecule has 130 valence electrons. The molecule has 0 radical (unpaired) electrons. The van der Waals surface area contributed by atoms with Crippen LogP contribution in [0.1, 0.15) is 16.1 Å². The zero-order valence-corrected chi connectivity index (χ0v) is 13.6. The summed E-state index contributed by atoms with van der Waals surface area (Å²) in [5.74, 6) is 0.152. The molecular weight excluding hydrogens is 336 g/mol. The molecule has 3 aromatic rings. The number of ether oxygens (including phenoxy) is 2.